The standard InChI is InChI=1S/C12H16FNO2/c1-7-5-6-8(13)9(10(7)14)11(15)16-12(2,3)4/h5-6H,14H2,1-4H3. The lowest BCUT2D eigenvalue weighted by Crippen LogP contribution is -2.25. The minimum atomic E-state index is -0.730. The summed E-state index contributed by atoms with van der Waals surface area (Å²) in [5.74, 6) is -1.39. The second-order valence-corrected chi connectivity index (χ2v) is 4.65. The van der Waals surface area contributed by atoms with Crippen molar-refractivity contribution in [2.45, 2.75) is 33.3 Å². The first-order valence-corrected chi connectivity index (χ1v) is 5.00. The molecule has 0 heterocycles. The van der Waals surface area contributed by atoms with E-state index in [0.29, 0.717) is 5.56 Å². The second-order valence-electron chi connectivity index (χ2n) is 4.65. The maximum Gasteiger partial charge on any atom is 0.343 e. The van der Waals surface area contributed by atoms with E-state index in [0.717, 1.165) is 0 Å². The number of nitrogens with two attached hydrogens (primary N) is 1. The van der Waals surface area contributed by atoms with Crippen LogP contribution in [0.3, 0.4) is 0 Å². The number of rotatable bonds is 1. The molecular formula is C12H16FNO2. The van der Waals surface area contributed by atoms with E-state index >= 15 is 0 Å². The Labute approximate surface area is 94.4 Å². The van der Waals surface area contributed by atoms with Crippen molar-refractivity contribution < 1.29 is 13.9 Å². The summed E-state index contributed by atoms with van der Waals surface area (Å²) in [6, 6.07) is 2.74. The van der Waals surface area contributed by atoms with E-state index in [4.69, 9.17) is 10.5 Å². The minimum Gasteiger partial charge on any atom is -0.456 e. The molecule has 1 rings (SSSR count). The molecule has 0 aliphatic rings. The fourth-order valence-electron chi connectivity index (χ4n) is 1.23. The van der Waals surface area contributed by atoms with Gasteiger partial charge in [-0.3, -0.25) is 0 Å². The molecule has 4 heteroatoms. The highest BCUT2D eigenvalue weighted by atomic mass is 19.1. The molecule has 0 amide bonds. The zero-order valence-corrected chi connectivity index (χ0v) is 9.93. The number of esters is 1. The number of carbonyl (C=O) groups excluding carboxylic acids is 1. The van der Waals surface area contributed by atoms with Crippen LogP contribution in [0.15, 0.2) is 12.1 Å². The molecule has 0 atom stereocenters. The number of carbonyl (C=O) groups is 1. The average Bonchev–Trinajstić information content (AvgIpc) is 2.09. The summed E-state index contributed by atoms with van der Waals surface area (Å²) in [6.45, 7) is 6.86. The number of nitrogen functional groups attached to an aromatic ring is 1. The summed E-state index contributed by atoms with van der Waals surface area (Å²) in [4.78, 5) is 11.7. The zero-order chi connectivity index (χ0) is 12.5. The van der Waals surface area contributed by atoms with Crippen LogP contribution in [-0.2, 0) is 4.74 Å². The van der Waals surface area contributed by atoms with E-state index in [-0.39, 0.29) is 11.3 Å². The molecule has 2 N–H and O–H groups in total. The topological polar surface area (TPSA) is 52.3 Å². The smallest absolute Gasteiger partial charge is 0.343 e. The van der Waals surface area contributed by atoms with Gasteiger partial charge in [-0.15, -0.1) is 0 Å². The molecule has 0 bridgehead atoms. The van der Waals surface area contributed by atoms with Crippen LogP contribution in [0.2, 0.25) is 0 Å². The molecule has 0 unspecified atom stereocenters. The van der Waals surface area contributed by atoms with Crippen molar-refractivity contribution in [3.05, 3.63) is 29.1 Å². The van der Waals surface area contributed by atoms with Crippen molar-refractivity contribution in [3.8, 4) is 0 Å². The van der Waals surface area contributed by atoms with Crippen LogP contribution >= 0.6 is 0 Å². The number of halogens is 1. The van der Waals surface area contributed by atoms with Crippen LogP contribution in [0.1, 0.15) is 36.7 Å². The fourth-order valence-corrected chi connectivity index (χ4v) is 1.23. The predicted octanol–water partition coefficient (Wildman–Crippen LogP) is 2.67. The maximum atomic E-state index is 13.5. The first-order chi connectivity index (χ1) is 7.22. The van der Waals surface area contributed by atoms with Gasteiger partial charge < -0.3 is 10.5 Å². The average molecular weight is 225 g/mol. The van der Waals surface area contributed by atoms with Crippen LogP contribution in [0, 0.1) is 12.7 Å². The molecule has 0 saturated carbocycles. The highest BCUT2D eigenvalue weighted by Gasteiger charge is 2.23. The SMILES string of the molecule is Cc1ccc(F)c(C(=O)OC(C)(C)C)c1N. The Morgan fingerprint density at radius 2 is 1.94 bits per heavy atom. The molecule has 3 nitrogen and oxygen atoms in total. The summed E-state index contributed by atoms with van der Waals surface area (Å²) in [5, 5.41) is 0. The normalized spacial score (nSPS) is 11.3. The third-order valence-corrected chi connectivity index (χ3v) is 2.02. The summed E-state index contributed by atoms with van der Waals surface area (Å²) in [6.07, 6.45) is 0. The van der Waals surface area contributed by atoms with E-state index in [9.17, 15) is 9.18 Å². The molecule has 0 saturated heterocycles. The minimum absolute atomic E-state index is 0.134. The van der Waals surface area contributed by atoms with Crippen molar-refractivity contribution in [2.75, 3.05) is 5.73 Å². The van der Waals surface area contributed by atoms with E-state index in [1.807, 2.05) is 0 Å². The first-order valence-electron chi connectivity index (χ1n) is 5.00. The molecule has 0 aliphatic heterocycles. The molecule has 0 radical (unpaired) electrons. The number of anilines is 1. The van der Waals surface area contributed by atoms with Gasteiger partial charge in [0.2, 0.25) is 0 Å². The molecule has 16 heavy (non-hydrogen) atoms. The van der Waals surface area contributed by atoms with Gasteiger partial charge in [-0.2, -0.15) is 0 Å². The second kappa shape index (κ2) is 4.12. The quantitative estimate of drug-likeness (QED) is 0.590. The highest BCUT2D eigenvalue weighted by molar-refractivity contribution is 5.96. The Morgan fingerprint density at radius 3 is 2.44 bits per heavy atom. The lowest BCUT2D eigenvalue weighted by Gasteiger charge is -2.20. The van der Waals surface area contributed by atoms with Gasteiger partial charge in [0, 0.05) is 0 Å². The number of benzene rings is 1. The molecule has 0 aliphatic carbocycles. The largest absolute Gasteiger partial charge is 0.456 e. The summed E-state index contributed by atoms with van der Waals surface area (Å²) >= 11 is 0. The maximum absolute atomic E-state index is 13.5. The zero-order valence-electron chi connectivity index (χ0n) is 9.93. The number of hydrogen-bond donors (Lipinski definition) is 1. The van der Waals surface area contributed by atoms with Crippen molar-refractivity contribution in [1.29, 1.82) is 0 Å². The van der Waals surface area contributed by atoms with E-state index in [1.54, 1.807) is 27.7 Å². The van der Waals surface area contributed by atoms with E-state index in [2.05, 4.69) is 0 Å². The van der Waals surface area contributed by atoms with Gasteiger partial charge in [0.05, 0.1) is 5.69 Å². The molecule has 0 aromatic heterocycles. The third-order valence-electron chi connectivity index (χ3n) is 2.02. The lowest BCUT2D eigenvalue weighted by molar-refractivity contribution is 0.00660. The van der Waals surface area contributed by atoms with Gasteiger partial charge in [-0.25, -0.2) is 9.18 Å². The van der Waals surface area contributed by atoms with Crippen LogP contribution in [0.5, 0.6) is 0 Å². The monoisotopic (exact) mass is 225 g/mol. The van der Waals surface area contributed by atoms with Crippen molar-refractivity contribution in [1.82, 2.24) is 0 Å². The van der Waals surface area contributed by atoms with Gasteiger partial charge in [0.1, 0.15) is 17.0 Å². The Hall–Kier alpha value is -1.58. The van der Waals surface area contributed by atoms with Crippen molar-refractivity contribution in [2.24, 2.45) is 0 Å². The first kappa shape index (κ1) is 12.5. The van der Waals surface area contributed by atoms with Gasteiger partial charge in [-0.1, -0.05) is 6.07 Å². The molecule has 88 valence electrons. The van der Waals surface area contributed by atoms with Crippen LogP contribution in [0.25, 0.3) is 0 Å². The van der Waals surface area contributed by atoms with E-state index in [1.165, 1.54) is 12.1 Å². The van der Waals surface area contributed by atoms with Crippen molar-refractivity contribution in [3.63, 3.8) is 0 Å². The summed E-state index contributed by atoms with van der Waals surface area (Å²) in [5.41, 5.74) is 5.60. The molecule has 0 spiro atoms. The third kappa shape index (κ3) is 2.72. The highest BCUT2D eigenvalue weighted by Crippen LogP contribution is 2.23. The van der Waals surface area contributed by atoms with E-state index < -0.39 is 17.4 Å². The van der Waals surface area contributed by atoms with Gasteiger partial charge in [0.15, 0.2) is 0 Å². The molecule has 0 fully saturated rings. The molecule has 1 aromatic rings. The Balaban J connectivity index is 3.14. The molecule has 1 aromatic carbocycles. The van der Waals surface area contributed by atoms with Crippen LogP contribution in [0.4, 0.5) is 10.1 Å². The van der Waals surface area contributed by atoms with Crippen LogP contribution in [-0.4, -0.2) is 11.6 Å². The molecular weight excluding hydrogens is 209 g/mol. The van der Waals surface area contributed by atoms with Gasteiger partial charge in [0.25, 0.3) is 0 Å². The Kier molecular flexibility index (Phi) is 3.21. The fraction of sp³-hybridized carbons (Fsp3) is 0.417. The van der Waals surface area contributed by atoms with Crippen molar-refractivity contribution >= 4 is 11.7 Å². The predicted molar refractivity (Wildman–Crippen MR) is 60.7 cm³/mol. The van der Waals surface area contributed by atoms with Gasteiger partial charge >= 0.3 is 5.97 Å². The number of ether oxygens (including phenoxy) is 1. The number of hydrogen-bond acceptors (Lipinski definition) is 3. The summed E-state index contributed by atoms with van der Waals surface area (Å²) < 4.78 is 18.6. The Bertz CT molecular complexity index is 422. The summed E-state index contributed by atoms with van der Waals surface area (Å²) in [7, 11) is 0. The number of aryl methyl sites for hydroxylation is 1. The van der Waals surface area contributed by atoms with Gasteiger partial charge in [-0.05, 0) is 39.3 Å². The lowest BCUT2D eigenvalue weighted by atomic mass is 10.1. The van der Waals surface area contributed by atoms with Crippen LogP contribution < -0.4 is 5.73 Å². The Morgan fingerprint density at radius 1 is 1.38 bits per heavy atom.